The number of hydrogen-bond acceptors (Lipinski definition) is 4. The molecule has 0 radical (unpaired) electrons. The lowest BCUT2D eigenvalue weighted by Crippen LogP contribution is -2.57. The van der Waals surface area contributed by atoms with Crippen LogP contribution in [0.1, 0.15) is 24.2 Å². The second-order valence-corrected chi connectivity index (χ2v) is 9.86. The third-order valence-electron chi connectivity index (χ3n) is 5.41. The summed E-state index contributed by atoms with van der Waals surface area (Å²) in [6.45, 7) is 3.23. The van der Waals surface area contributed by atoms with E-state index in [0.717, 1.165) is 28.6 Å². The summed E-state index contributed by atoms with van der Waals surface area (Å²) in [4.78, 5) is 26.5. The zero-order valence-corrected chi connectivity index (χ0v) is 18.9. The van der Waals surface area contributed by atoms with Gasteiger partial charge in [0.05, 0.1) is 0 Å². The number of amides is 2. The van der Waals surface area contributed by atoms with Crippen molar-refractivity contribution in [3.8, 4) is 0 Å². The van der Waals surface area contributed by atoms with Gasteiger partial charge in [-0.25, -0.2) is 21.6 Å². The smallest absolute Gasteiger partial charge is 0.257 e. The molecule has 0 bridgehead atoms. The van der Waals surface area contributed by atoms with Crippen LogP contribution >= 0.6 is 0 Å². The maximum atomic E-state index is 14.0. The van der Waals surface area contributed by atoms with Gasteiger partial charge in [0.25, 0.3) is 5.91 Å². The number of sulfonamides is 1. The van der Waals surface area contributed by atoms with Gasteiger partial charge < -0.3 is 10.2 Å². The highest BCUT2D eigenvalue weighted by Gasteiger charge is 2.35. The van der Waals surface area contributed by atoms with E-state index in [1.807, 2.05) is 0 Å². The Hall–Kier alpha value is -2.92. The largest absolute Gasteiger partial charge is 0.340 e. The summed E-state index contributed by atoms with van der Waals surface area (Å²) >= 11 is 0. The first-order valence-corrected chi connectivity index (χ1v) is 11.8. The first-order valence-electron chi connectivity index (χ1n) is 10.3. The van der Waals surface area contributed by atoms with Gasteiger partial charge in [0.1, 0.15) is 34.0 Å². The van der Waals surface area contributed by atoms with Crippen LogP contribution in [0.5, 0.6) is 0 Å². The van der Waals surface area contributed by atoms with E-state index in [4.69, 9.17) is 0 Å². The van der Waals surface area contributed by atoms with Gasteiger partial charge in [-0.3, -0.25) is 9.59 Å². The molecule has 178 valence electrons. The predicted octanol–water partition coefficient (Wildman–Crippen LogP) is 2.39. The van der Waals surface area contributed by atoms with Gasteiger partial charge >= 0.3 is 0 Å². The summed E-state index contributed by atoms with van der Waals surface area (Å²) in [6.07, 6.45) is 0. The Labute approximate surface area is 190 Å². The highest BCUT2D eigenvalue weighted by molar-refractivity contribution is 7.89. The minimum atomic E-state index is -4.08. The zero-order valence-electron chi connectivity index (χ0n) is 18.1. The fourth-order valence-corrected chi connectivity index (χ4v) is 5.07. The lowest BCUT2D eigenvalue weighted by molar-refractivity contribution is -0.135. The fraction of sp³-hybridized carbons (Fsp3) is 0.364. The van der Waals surface area contributed by atoms with E-state index < -0.39 is 61.7 Å². The maximum absolute atomic E-state index is 14.0. The van der Waals surface area contributed by atoms with Crippen LogP contribution in [0.3, 0.4) is 0 Å². The van der Waals surface area contributed by atoms with Crippen LogP contribution in [0.15, 0.2) is 47.4 Å². The van der Waals surface area contributed by atoms with Gasteiger partial charge in [0, 0.05) is 26.2 Å². The molecule has 0 aromatic heterocycles. The number of rotatable bonds is 6. The molecule has 1 N–H and O–H groups in total. The summed E-state index contributed by atoms with van der Waals surface area (Å²) in [7, 11) is -4.08. The van der Waals surface area contributed by atoms with E-state index in [-0.39, 0.29) is 26.2 Å². The van der Waals surface area contributed by atoms with Gasteiger partial charge in [-0.05, 0) is 30.2 Å². The highest BCUT2D eigenvalue weighted by atomic mass is 32.2. The van der Waals surface area contributed by atoms with Crippen LogP contribution in [-0.4, -0.2) is 61.7 Å². The third kappa shape index (κ3) is 5.19. The molecule has 0 spiro atoms. The van der Waals surface area contributed by atoms with Crippen LogP contribution in [0.25, 0.3) is 0 Å². The molecule has 1 heterocycles. The average molecular weight is 484 g/mol. The van der Waals surface area contributed by atoms with E-state index in [9.17, 15) is 31.2 Å². The van der Waals surface area contributed by atoms with Gasteiger partial charge in [0.2, 0.25) is 15.9 Å². The van der Waals surface area contributed by atoms with Crippen LogP contribution in [-0.2, 0) is 14.8 Å². The molecule has 1 aliphatic rings. The molecule has 33 heavy (non-hydrogen) atoms. The molecule has 2 amide bonds. The molecule has 7 nitrogen and oxygen atoms in total. The SMILES string of the molecule is CC(C)[C@H](NC(=O)c1c(F)cccc1F)C(=O)N1CCN(S(=O)(=O)c2ccccc2F)CC1. The van der Waals surface area contributed by atoms with Crippen LogP contribution in [0, 0.1) is 23.4 Å². The van der Waals surface area contributed by atoms with Crippen molar-refractivity contribution in [1.29, 1.82) is 0 Å². The molecule has 1 aliphatic heterocycles. The lowest BCUT2D eigenvalue weighted by Gasteiger charge is -2.36. The summed E-state index contributed by atoms with van der Waals surface area (Å²) in [5.41, 5.74) is -0.781. The van der Waals surface area contributed by atoms with Crippen molar-refractivity contribution in [2.75, 3.05) is 26.2 Å². The van der Waals surface area contributed by atoms with Crippen molar-refractivity contribution >= 4 is 21.8 Å². The number of nitrogens with zero attached hydrogens (tertiary/aromatic N) is 2. The van der Waals surface area contributed by atoms with Crippen molar-refractivity contribution in [2.45, 2.75) is 24.8 Å². The van der Waals surface area contributed by atoms with Gasteiger partial charge in [-0.15, -0.1) is 0 Å². The summed E-state index contributed by atoms with van der Waals surface area (Å²) < 4.78 is 68.5. The summed E-state index contributed by atoms with van der Waals surface area (Å²) in [5, 5.41) is 2.39. The molecule has 2 aromatic carbocycles. The molecule has 1 atom stereocenters. The molecule has 3 rings (SSSR count). The number of benzene rings is 2. The van der Waals surface area contributed by atoms with Crippen LogP contribution in [0.2, 0.25) is 0 Å². The predicted molar refractivity (Wildman–Crippen MR) is 114 cm³/mol. The minimum Gasteiger partial charge on any atom is -0.340 e. The molecule has 0 aliphatic carbocycles. The molecular formula is C22H24F3N3O4S. The van der Waals surface area contributed by atoms with E-state index in [1.165, 1.54) is 23.1 Å². The standard InChI is InChI=1S/C22H24F3N3O4S/c1-14(2)20(26-21(29)19-16(24)7-5-8-17(19)25)22(30)27-10-12-28(13-11-27)33(31,32)18-9-4-3-6-15(18)23/h3-9,14,20H,10-13H2,1-2H3,(H,26,29)/t20-/m0/s1. The second-order valence-electron chi connectivity index (χ2n) is 7.95. The van der Waals surface area contributed by atoms with Crippen molar-refractivity contribution in [3.05, 3.63) is 65.5 Å². The minimum absolute atomic E-state index is 0.0136. The normalized spacial score (nSPS) is 16.0. The molecule has 1 fully saturated rings. The Kier molecular flexibility index (Phi) is 7.43. The van der Waals surface area contributed by atoms with Crippen molar-refractivity contribution in [2.24, 2.45) is 5.92 Å². The van der Waals surface area contributed by atoms with E-state index in [1.54, 1.807) is 13.8 Å². The number of halogens is 3. The van der Waals surface area contributed by atoms with Crippen molar-refractivity contribution in [1.82, 2.24) is 14.5 Å². The molecule has 0 saturated carbocycles. The number of nitrogens with one attached hydrogen (secondary N) is 1. The quantitative estimate of drug-likeness (QED) is 0.684. The summed E-state index contributed by atoms with van der Waals surface area (Å²) in [5.74, 6) is -4.92. The van der Waals surface area contributed by atoms with Crippen molar-refractivity contribution in [3.63, 3.8) is 0 Å². The summed E-state index contributed by atoms with van der Waals surface area (Å²) in [6, 6.07) is 6.98. The third-order valence-corrected chi connectivity index (χ3v) is 7.35. The van der Waals surface area contributed by atoms with Crippen LogP contribution in [0.4, 0.5) is 13.2 Å². The molecule has 11 heteroatoms. The Bertz CT molecular complexity index is 1130. The molecule has 1 saturated heterocycles. The topological polar surface area (TPSA) is 86.8 Å². The Morgan fingerprint density at radius 2 is 1.42 bits per heavy atom. The van der Waals surface area contributed by atoms with Gasteiger partial charge in [-0.2, -0.15) is 4.31 Å². The lowest BCUT2D eigenvalue weighted by atomic mass is 10.0. The van der Waals surface area contributed by atoms with E-state index in [2.05, 4.69) is 5.32 Å². The Morgan fingerprint density at radius 3 is 1.97 bits per heavy atom. The monoisotopic (exact) mass is 483 g/mol. The molecule has 0 unspecified atom stereocenters. The van der Waals surface area contributed by atoms with Gasteiger partial charge in [0.15, 0.2) is 0 Å². The molecular weight excluding hydrogens is 459 g/mol. The Balaban J connectivity index is 1.70. The number of hydrogen-bond donors (Lipinski definition) is 1. The second kappa shape index (κ2) is 9.92. The fourth-order valence-electron chi connectivity index (χ4n) is 3.58. The average Bonchev–Trinajstić information content (AvgIpc) is 2.77. The van der Waals surface area contributed by atoms with Gasteiger partial charge in [-0.1, -0.05) is 32.0 Å². The number of carbonyl (C=O) groups excluding carboxylic acids is 2. The highest BCUT2D eigenvalue weighted by Crippen LogP contribution is 2.21. The van der Waals surface area contributed by atoms with E-state index >= 15 is 0 Å². The first kappa shape index (κ1) is 24.7. The maximum Gasteiger partial charge on any atom is 0.257 e. The Morgan fingerprint density at radius 1 is 0.879 bits per heavy atom. The van der Waals surface area contributed by atoms with E-state index in [0.29, 0.717) is 0 Å². The number of carbonyl (C=O) groups is 2. The van der Waals surface area contributed by atoms with Crippen molar-refractivity contribution < 1.29 is 31.2 Å². The first-order chi connectivity index (χ1) is 15.5. The zero-order chi connectivity index (χ0) is 24.3. The molecule has 2 aromatic rings. The van der Waals surface area contributed by atoms with Crippen LogP contribution < -0.4 is 5.32 Å². The number of piperazine rings is 1.